The summed E-state index contributed by atoms with van der Waals surface area (Å²) in [5, 5.41) is 3.34. The number of hydrogen-bond donors (Lipinski definition) is 3. The van der Waals surface area contributed by atoms with E-state index in [0.717, 1.165) is 11.1 Å². The molecule has 356 valence electrons. The highest BCUT2D eigenvalue weighted by atomic mass is 35.5. The topological polar surface area (TPSA) is 232 Å². The Morgan fingerprint density at radius 1 is 1.00 bits per heavy atom. The lowest BCUT2D eigenvalue weighted by atomic mass is 9.80. The van der Waals surface area contributed by atoms with Gasteiger partial charge in [-0.25, -0.2) is 13.0 Å². The van der Waals surface area contributed by atoms with Gasteiger partial charge in [0, 0.05) is 54.2 Å². The first-order valence-corrected chi connectivity index (χ1v) is 25.8. The molecule has 3 N–H and O–H groups in total. The number of nitrogens with one attached hydrogen (secondary N) is 1. The number of fused-ring (bicyclic) bond motifs is 1. The molecule has 2 aromatic carbocycles. The number of amides is 1. The first kappa shape index (κ1) is 53.3. The molecule has 16 nitrogen and oxygen atoms in total. The molecule has 4 rings (SSSR count). The average molecular weight is 980 g/mol. The predicted molar refractivity (Wildman–Crippen MR) is 253 cm³/mol. The van der Waals surface area contributed by atoms with E-state index in [1.165, 1.54) is 12.1 Å². The maximum atomic E-state index is 12.7. The first-order chi connectivity index (χ1) is 30.2. The predicted octanol–water partition coefficient (Wildman–Crippen LogP) is 6.03. The molecular formula is C45H59ClN4O12S3. The van der Waals surface area contributed by atoms with Crippen molar-refractivity contribution >= 4 is 71.6 Å². The fourth-order valence-electron chi connectivity index (χ4n) is 7.51. The SMILES string of the molecule is C=[N+](CCCS(=O)(=O)[O-])C1=C(/C=C(\C)Cl)C(C)(C)C(/C=C/C(=C/C=C2\N(CCCS(=O)(=O)O)c3ccc(S(=O)(=O)O)cc3C2(C)C)c2cccc(CCC(=O)NCCOCCOC)c2)=N1. The Balaban J connectivity index is 1.82. The largest absolute Gasteiger partial charge is 0.748 e. The summed E-state index contributed by atoms with van der Waals surface area (Å²) in [6.45, 7) is 15.3. The number of carbonyl (C=O) groups is 1. The second kappa shape index (κ2) is 22.5. The number of anilines is 1. The van der Waals surface area contributed by atoms with E-state index in [4.69, 9.17) is 26.1 Å². The van der Waals surface area contributed by atoms with Crippen molar-refractivity contribution in [3.8, 4) is 0 Å². The molecule has 2 aliphatic heterocycles. The maximum Gasteiger partial charge on any atom is 0.327 e. The van der Waals surface area contributed by atoms with Gasteiger partial charge in [-0.3, -0.25) is 13.9 Å². The molecule has 0 bridgehead atoms. The average Bonchev–Trinajstić information content (AvgIpc) is 3.57. The normalized spacial score (nSPS) is 17.3. The zero-order valence-electron chi connectivity index (χ0n) is 37.5. The van der Waals surface area contributed by atoms with Gasteiger partial charge in [-0.2, -0.15) is 16.8 Å². The van der Waals surface area contributed by atoms with Gasteiger partial charge in [-0.15, -0.1) is 0 Å². The number of carbonyl (C=O) groups excluding carboxylic acids is 1. The third-order valence-corrected chi connectivity index (χ3v) is 13.5. The number of aliphatic imine (C=N–C) groups is 1. The number of hydrogen-bond acceptors (Lipinski definition) is 12. The minimum atomic E-state index is -4.56. The van der Waals surface area contributed by atoms with E-state index in [0.29, 0.717) is 77.4 Å². The third kappa shape index (κ3) is 15.4. The Kier molecular flexibility index (Phi) is 18.4. The van der Waals surface area contributed by atoms with Crippen LogP contribution in [-0.4, -0.2) is 120 Å². The molecule has 2 heterocycles. The van der Waals surface area contributed by atoms with Gasteiger partial charge < -0.3 is 24.2 Å². The van der Waals surface area contributed by atoms with Gasteiger partial charge in [0.2, 0.25) is 5.91 Å². The lowest BCUT2D eigenvalue weighted by Crippen LogP contribution is -2.28. The number of benzene rings is 2. The molecule has 65 heavy (non-hydrogen) atoms. The molecular weight excluding hydrogens is 920 g/mol. The molecule has 0 unspecified atom stereocenters. The quantitative estimate of drug-likeness (QED) is 0.0359. The monoisotopic (exact) mass is 978 g/mol. The van der Waals surface area contributed by atoms with Crippen LogP contribution in [0.25, 0.3) is 5.57 Å². The molecule has 0 fully saturated rings. The smallest absolute Gasteiger partial charge is 0.327 e. The maximum absolute atomic E-state index is 12.7. The van der Waals surface area contributed by atoms with Crippen molar-refractivity contribution < 1.29 is 57.8 Å². The highest BCUT2D eigenvalue weighted by Gasteiger charge is 2.43. The van der Waals surface area contributed by atoms with Crippen LogP contribution in [0.4, 0.5) is 5.69 Å². The number of allylic oxidation sites excluding steroid dienone is 9. The summed E-state index contributed by atoms with van der Waals surface area (Å²) >= 11 is 6.40. The summed E-state index contributed by atoms with van der Waals surface area (Å²) < 4.78 is 113. The number of ether oxygens (including phenoxy) is 2. The van der Waals surface area contributed by atoms with Crippen molar-refractivity contribution in [3.05, 3.63) is 112 Å². The Morgan fingerprint density at radius 3 is 2.37 bits per heavy atom. The van der Waals surface area contributed by atoms with Crippen LogP contribution >= 0.6 is 11.6 Å². The Morgan fingerprint density at radius 2 is 1.72 bits per heavy atom. The van der Waals surface area contributed by atoms with Gasteiger partial charge in [0.1, 0.15) is 0 Å². The van der Waals surface area contributed by atoms with Gasteiger partial charge in [-0.05, 0) is 104 Å². The van der Waals surface area contributed by atoms with E-state index < -0.39 is 52.7 Å². The van der Waals surface area contributed by atoms with Crippen molar-refractivity contribution in [2.45, 2.75) is 70.6 Å². The lowest BCUT2D eigenvalue weighted by Gasteiger charge is -2.27. The van der Waals surface area contributed by atoms with E-state index in [1.807, 2.05) is 81.2 Å². The zero-order chi connectivity index (χ0) is 48.4. The molecule has 2 aliphatic rings. The molecule has 0 atom stereocenters. The summed E-state index contributed by atoms with van der Waals surface area (Å²) in [5.74, 6) is -0.770. The number of nitrogens with zero attached hydrogens (tertiary/aromatic N) is 3. The molecule has 0 aromatic heterocycles. The van der Waals surface area contributed by atoms with E-state index in [2.05, 4.69) is 12.0 Å². The summed E-state index contributed by atoms with van der Waals surface area (Å²) in [6, 6.07) is 11.9. The second-order valence-corrected chi connectivity index (χ2v) is 21.8. The minimum absolute atomic E-state index is 0.0316. The van der Waals surface area contributed by atoms with E-state index in [-0.39, 0.29) is 43.2 Å². The van der Waals surface area contributed by atoms with Crippen molar-refractivity contribution in [2.24, 2.45) is 10.4 Å². The molecule has 0 aliphatic carbocycles. The standard InChI is InChI=1S/C45H59ClN4O12S3/c1-32(46)29-38-43(49(6)22-9-27-63(52,53)54)48-40(44(38,2)3)18-14-34(35-12-8-11-33(30-35)13-20-42(51)47-21-24-62-26-25-61-7)15-19-41-45(4,5)37-31-36(65(58,59)60)16-17-39(37)50(41)23-10-28-64(55,56)57/h8,11-12,14-19,29-31H,6,9-10,13,20-28H2,1-5,7H3,(H3-,47,51,52,53,54,55,56,57,58,59,60)/b18-14+,32-29+,34-15-,41-19-. The third-order valence-electron chi connectivity index (χ3n) is 10.9. The molecule has 2 aromatic rings. The number of halogens is 1. The molecule has 0 radical (unpaired) electrons. The van der Waals surface area contributed by atoms with Crippen LogP contribution < -0.4 is 10.2 Å². The highest BCUT2D eigenvalue weighted by Crippen LogP contribution is 2.49. The van der Waals surface area contributed by atoms with Crippen LogP contribution in [0.2, 0.25) is 0 Å². The van der Waals surface area contributed by atoms with Gasteiger partial charge in [0.05, 0.1) is 64.8 Å². The Bertz CT molecular complexity index is 2640. The highest BCUT2D eigenvalue weighted by molar-refractivity contribution is 7.86. The summed E-state index contributed by atoms with van der Waals surface area (Å²) in [5.41, 5.74) is 3.87. The van der Waals surface area contributed by atoms with Gasteiger partial charge in [0.15, 0.2) is 5.71 Å². The molecule has 20 heteroatoms. The van der Waals surface area contributed by atoms with Gasteiger partial charge in [0.25, 0.3) is 20.2 Å². The minimum Gasteiger partial charge on any atom is -0.748 e. The second-order valence-electron chi connectivity index (χ2n) is 16.7. The zero-order valence-corrected chi connectivity index (χ0v) is 40.7. The summed E-state index contributed by atoms with van der Waals surface area (Å²) in [7, 11) is -11.7. The van der Waals surface area contributed by atoms with Gasteiger partial charge in [-0.1, -0.05) is 61.9 Å². The van der Waals surface area contributed by atoms with Crippen molar-refractivity contribution in [3.63, 3.8) is 0 Å². The van der Waals surface area contributed by atoms with Crippen LogP contribution in [0.1, 0.15) is 70.6 Å². The summed E-state index contributed by atoms with van der Waals surface area (Å²) in [4.78, 5) is 19.2. The van der Waals surface area contributed by atoms with Crippen LogP contribution in [0.15, 0.2) is 105 Å². The van der Waals surface area contributed by atoms with Crippen LogP contribution in [0.5, 0.6) is 0 Å². The van der Waals surface area contributed by atoms with E-state index in [1.54, 1.807) is 30.8 Å². The Labute approximate surface area is 388 Å². The van der Waals surface area contributed by atoms with E-state index in [9.17, 15) is 43.7 Å². The molecule has 1 amide bonds. The molecule has 0 saturated carbocycles. The molecule has 0 saturated heterocycles. The fourth-order valence-corrected chi connectivity index (χ4v) is 9.10. The van der Waals surface area contributed by atoms with Crippen molar-refractivity contribution in [1.82, 2.24) is 5.32 Å². The molecule has 0 spiro atoms. The number of rotatable bonds is 24. The Hall–Kier alpha value is -4.31. The van der Waals surface area contributed by atoms with Gasteiger partial charge >= 0.3 is 5.82 Å². The number of methoxy groups -OCH3 is 1. The lowest BCUT2D eigenvalue weighted by molar-refractivity contribution is -0.469. The van der Waals surface area contributed by atoms with Crippen molar-refractivity contribution in [2.75, 3.05) is 63.0 Å². The van der Waals surface area contributed by atoms with Crippen LogP contribution in [0, 0.1) is 5.41 Å². The fraction of sp³-hybridized carbons (Fsp3) is 0.444. The van der Waals surface area contributed by atoms with Crippen LogP contribution in [0.3, 0.4) is 0 Å². The summed E-state index contributed by atoms with van der Waals surface area (Å²) in [6.07, 6.45) is 9.92. The number of aryl methyl sites for hydroxylation is 1. The first-order valence-electron chi connectivity index (χ1n) is 20.8. The van der Waals surface area contributed by atoms with E-state index >= 15 is 0 Å². The van der Waals surface area contributed by atoms with Crippen molar-refractivity contribution in [1.29, 1.82) is 0 Å². The van der Waals surface area contributed by atoms with Crippen LogP contribution in [-0.2, 0) is 56.5 Å².